The van der Waals surface area contributed by atoms with E-state index < -0.39 is 0 Å². The zero-order valence-electron chi connectivity index (χ0n) is 11.2. The summed E-state index contributed by atoms with van der Waals surface area (Å²) < 4.78 is 6.49. The van der Waals surface area contributed by atoms with Crippen molar-refractivity contribution in [2.75, 3.05) is 6.54 Å². The van der Waals surface area contributed by atoms with Gasteiger partial charge in [-0.05, 0) is 31.2 Å². The zero-order chi connectivity index (χ0) is 13.9. The van der Waals surface area contributed by atoms with E-state index in [1.807, 2.05) is 30.5 Å². The second-order valence-electron chi connectivity index (χ2n) is 4.72. The first kappa shape index (κ1) is 13.7. The largest absolute Gasteiger partial charge is 0.464 e. The van der Waals surface area contributed by atoms with E-state index in [1.165, 1.54) is 10.4 Å². The van der Waals surface area contributed by atoms with Gasteiger partial charge in [0.2, 0.25) is 0 Å². The lowest BCUT2D eigenvalue weighted by atomic mass is 10.0. The maximum absolute atomic E-state index is 6.09. The second-order valence-corrected chi connectivity index (χ2v) is 6.46. The minimum atomic E-state index is 0.135. The topological polar surface area (TPSA) is 25.2 Å². The molecule has 0 spiro atoms. The molecule has 2 heterocycles. The molecule has 0 saturated heterocycles. The molecule has 3 aromatic rings. The Morgan fingerprint density at radius 3 is 2.85 bits per heavy atom. The maximum atomic E-state index is 6.09. The van der Waals surface area contributed by atoms with E-state index in [0.29, 0.717) is 0 Å². The highest BCUT2D eigenvalue weighted by molar-refractivity contribution is 7.16. The highest BCUT2D eigenvalue weighted by Gasteiger charge is 2.19. The molecule has 0 aliphatic carbocycles. The van der Waals surface area contributed by atoms with Crippen molar-refractivity contribution < 1.29 is 4.42 Å². The van der Waals surface area contributed by atoms with Crippen LogP contribution in [-0.2, 0) is 0 Å². The van der Waals surface area contributed by atoms with Crippen molar-refractivity contribution in [3.05, 3.63) is 57.4 Å². The molecule has 2 nitrogen and oxygen atoms in total. The number of thiophene rings is 1. The monoisotopic (exact) mass is 305 g/mol. The fraction of sp³-hybridized carbons (Fsp3) is 0.250. The third-order valence-corrected chi connectivity index (χ3v) is 4.59. The first-order chi connectivity index (χ1) is 9.79. The number of furan rings is 1. The van der Waals surface area contributed by atoms with E-state index in [1.54, 1.807) is 11.3 Å². The maximum Gasteiger partial charge on any atom is 0.134 e. The molecule has 3 rings (SSSR count). The molecule has 1 unspecified atom stereocenters. The Hall–Kier alpha value is -1.29. The Balaban J connectivity index is 2.04. The van der Waals surface area contributed by atoms with Gasteiger partial charge < -0.3 is 9.73 Å². The quantitative estimate of drug-likeness (QED) is 0.697. The summed E-state index contributed by atoms with van der Waals surface area (Å²) in [6.07, 6.45) is 2.94. The Bertz CT molecular complexity index is 703. The fourth-order valence-electron chi connectivity index (χ4n) is 2.36. The van der Waals surface area contributed by atoms with E-state index in [0.717, 1.165) is 28.3 Å². The SMILES string of the molecule is CCCNC(c1ccc(Cl)s1)c1coc2ccccc12. The standard InChI is InChI=1S/C16H16ClNOS/c1-2-9-18-16(14-7-8-15(17)20-14)12-10-19-13-6-4-3-5-11(12)13/h3-8,10,16,18H,2,9H2,1H3. The van der Waals surface area contributed by atoms with Crippen LogP contribution in [0.5, 0.6) is 0 Å². The van der Waals surface area contributed by atoms with Crippen LogP contribution in [0.4, 0.5) is 0 Å². The van der Waals surface area contributed by atoms with Crippen molar-refractivity contribution >= 4 is 33.9 Å². The molecule has 1 atom stereocenters. The van der Waals surface area contributed by atoms with E-state index in [9.17, 15) is 0 Å². The molecule has 20 heavy (non-hydrogen) atoms. The molecule has 1 aromatic carbocycles. The Morgan fingerprint density at radius 1 is 1.25 bits per heavy atom. The van der Waals surface area contributed by atoms with Crippen molar-refractivity contribution in [3.8, 4) is 0 Å². The number of hydrogen-bond acceptors (Lipinski definition) is 3. The molecule has 0 radical (unpaired) electrons. The molecule has 104 valence electrons. The highest BCUT2D eigenvalue weighted by Crippen LogP contribution is 2.35. The first-order valence-corrected chi connectivity index (χ1v) is 7.93. The summed E-state index contributed by atoms with van der Waals surface area (Å²) in [4.78, 5) is 1.22. The molecule has 0 saturated carbocycles. The van der Waals surface area contributed by atoms with Crippen LogP contribution in [0.1, 0.15) is 29.8 Å². The van der Waals surface area contributed by atoms with Gasteiger partial charge in [0.25, 0.3) is 0 Å². The van der Waals surface area contributed by atoms with Crippen molar-refractivity contribution in [2.45, 2.75) is 19.4 Å². The predicted octanol–water partition coefficient (Wildman–Crippen LogP) is 5.24. The van der Waals surface area contributed by atoms with Crippen LogP contribution >= 0.6 is 22.9 Å². The van der Waals surface area contributed by atoms with Crippen molar-refractivity contribution in [3.63, 3.8) is 0 Å². The Kier molecular flexibility index (Phi) is 4.10. The van der Waals surface area contributed by atoms with Gasteiger partial charge in [-0.1, -0.05) is 36.7 Å². The van der Waals surface area contributed by atoms with Crippen LogP contribution in [0.2, 0.25) is 4.34 Å². The molecular formula is C16H16ClNOS. The van der Waals surface area contributed by atoms with Crippen LogP contribution in [0, 0.1) is 0 Å². The number of hydrogen-bond donors (Lipinski definition) is 1. The number of para-hydroxylation sites is 1. The van der Waals surface area contributed by atoms with Crippen LogP contribution < -0.4 is 5.32 Å². The van der Waals surface area contributed by atoms with Crippen molar-refractivity contribution in [1.82, 2.24) is 5.32 Å². The van der Waals surface area contributed by atoms with Gasteiger partial charge >= 0.3 is 0 Å². The highest BCUT2D eigenvalue weighted by atomic mass is 35.5. The van der Waals surface area contributed by atoms with Gasteiger partial charge in [-0.3, -0.25) is 0 Å². The lowest BCUT2D eigenvalue weighted by Gasteiger charge is -2.16. The van der Waals surface area contributed by atoms with E-state index in [2.05, 4.69) is 24.4 Å². The number of fused-ring (bicyclic) bond motifs is 1. The average molecular weight is 306 g/mol. The first-order valence-electron chi connectivity index (χ1n) is 6.74. The fourth-order valence-corrected chi connectivity index (χ4v) is 3.51. The molecule has 2 aromatic heterocycles. The molecule has 0 amide bonds. The smallest absolute Gasteiger partial charge is 0.134 e. The van der Waals surface area contributed by atoms with Gasteiger partial charge in [-0.15, -0.1) is 11.3 Å². The molecule has 0 fully saturated rings. The predicted molar refractivity (Wildman–Crippen MR) is 85.7 cm³/mol. The number of halogens is 1. The summed E-state index contributed by atoms with van der Waals surface area (Å²) in [5.74, 6) is 0. The van der Waals surface area contributed by atoms with E-state index in [-0.39, 0.29) is 6.04 Å². The normalized spacial score (nSPS) is 12.9. The summed E-state index contributed by atoms with van der Waals surface area (Å²) in [6, 6.07) is 12.3. The minimum Gasteiger partial charge on any atom is -0.464 e. The van der Waals surface area contributed by atoms with Gasteiger partial charge in [0, 0.05) is 15.8 Å². The lowest BCUT2D eigenvalue weighted by Crippen LogP contribution is -2.22. The minimum absolute atomic E-state index is 0.135. The zero-order valence-corrected chi connectivity index (χ0v) is 12.8. The molecular weight excluding hydrogens is 290 g/mol. The average Bonchev–Trinajstić information content (AvgIpc) is 3.07. The van der Waals surface area contributed by atoms with Crippen LogP contribution in [0.25, 0.3) is 11.0 Å². The number of rotatable bonds is 5. The second kappa shape index (κ2) is 6.00. The van der Waals surface area contributed by atoms with Crippen molar-refractivity contribution in [1.29, 1.82) is 0 Å². The van der Waals surface area contributed by atoms with Gasteiger partial charge in [0.15, 0.2) is 0 Å². The van der Waals surface area contributed by atoms with Crippen molar-refractivity contribution in [2.24, 2.45) is 0 Å². The molecule has 0 aliphatic rings. The Labute approximate surface area is 127 Å². The van der Waals surface area contributed by atoms with Crippen LogP contribution in [-0.4, -0.2) is 6.54 Å². The molecule has 4 heteroatoms. The van der Waals surface area contributed by atoms with Crippen LogP contribution in [0.3, 0.4) is 0 Å². The lowest BCUT2D eigenvalue weighted by molar-refractivity contribution is 0.576. The van der Waals surface area contributed by atoms with Gasteiger partial charge in [0.1, 0.15) is 5.58 Å². The molecule has 1 N–H and O–H groups in total. The van der Waals surface area contributed by atoms with E-state index >= 15 is 0 Å². The van der Waals surface area contributed by atoms with Gasteiger partial charge in [-0.2, -0.15) is 0 Å². The molecule has 0 bridgehead atoms. The third kappa shape index (κ3) is 2.62. The van der Waals surface area contributed by atoms with Gasteiger partial charge in [0.05, 0.1) is 16.6 Å². The molecule has 0 aliphatic heterocycles. The summed E-state index contributed by atoms with van der Waals surface area (Å²) >= 11 is 7.70. The summed E-state index contributed by atoms with van der Waals surface area (Å²) in [6.45, 7) is 3.12. The Morgan fingerprint density at radius 2 is 2.10 bits per heavy atom. The van der Waals surface area contributed by atoms with E-state index in [4.69, 9.17) is 16.0 Å². The number of benzene rings is 1. The summed E-state index contributed by atoms with van der Waals surface area (Å²) in [5, 5.41) is 4.74. The summed E-state index contributed by atoms with van der Waals surface area (Å²) in [7, 11) is 0. The summed E-state index contributed by atoms with van der Waals surface area (Å²) in [5.41, 5.74) is 2.10. The number of nitrogens with one attached hydrogen (secondary N) is 1. The van der Waals surface area contributed by atoms with Gasteiger partial charge in [-0.25, -0.2) is 0 Å². The third-order valence-electron chi connectivity index (χ3n) is 3.30. The van der Waals surface area contributed by atoms with Crippen LogP contribution in [0.15, 0.2) is 47.1 Å².